The molecule has 1 heterocycles. The fourth-order valence-corrected chi connectivity index (χ4v) is 5.46. The summed E-state index contributed by atoms with van der Waals surface area (Å²) >= 11 is 0. The lowest BCUT2D eigenvalue weighted by Gasteiger charge is -2.31. The van der Waals surface area contributed by atoms with Crippen LogP contribution in [-0.4, -0.2) is 52.7 Å². The van der Waals surface area contributed by atoms with Crippen LogP contribution in [-0.2, 0) is 28.1 Å². The summed E-state index contributed by atoms with van der Waals surface area (Å²) in [5.74, 6) is -0.637. The Morgan fingerprint density at radius 3 is 2.68 bits per heavy atom. The van der Waals surface area contributed by atoms with E-state index in [2.05, 4.69) is 10.6 Å². The van der Waals surface area contributed by atoms with Crippen LogP contribution in [0, 0.1) is 17.2 Å². The number of aryl methyl sites for hydroxylation is 1. The Morgan fingerprint density at radius 2 is 1.97 bits per heavy atom. The van der Waals surface area contributed by atoms with Gasteiger partial charge in [0.15, 0.2) is 0 Å². The molecule has 9 heteroatoms. The molecule has 2 aromatic rings. The lowest BCUT2D eigenvalue weighted by Crippen LogP contribution is -2.47. The molecule has 2 aliphatic carbocycles. The fourth-order valence-electron chi connectivity index (χ4n) is 5.46. The summed E-state index contributed by atoms with van der Waals surface area (Å²) in [5, 5.41) is 14.0. The lowest BCUT2D eigenvalue weighted by molar-refractivity contribution is -0.141. The van der Waals surface area contributed by atoms with E-state index in [9.17, 15) is 19.2 Å². The van der Waals surface area contributed by atoms with E-state index in [1.165, 1.54) is 0 Å². The monoisotopic (exact) mass is 499 g/mol. The minimum atomic E-state index is -1.24. The van der Waals surface area contributed by atoms with E-state index < -0.39 is 17.5 Å². The third-order valence-electron chi connectivity index (χ3n) is 7.71. The third-order valence-corrected chi connectivity index (χ3v) is 7.71. The maximum absolute atomic E-state index is 13.7. The minimum Gasteiger partial charge on any atom is -0.339 e. The van der Waals surface area contributed by atoms with Crippen molar-refractivity contribution in [2.24, 2.45) is 5.92 Å². The van der Waals surface area contributed by atoms with Crippen molar-refractivity contribution in [3.05, 3.63) is 70.8 Å². The highest BCUT2D eigenvalue weighted by Gasteiger charge is 2.56. The first-order valence-electron chi connectivity index (χ1n) is 12.6. The van der Waals surface area contributed by atoms with Gasteiger partial charge in [0, 0.05) is 18.2 Å². The molecule has 0 radical (unpaired) electrons. The van der Waals surface area contributed by atoms with E-state index in [-0.39, 0.29) is 30.9 Å². The topological polar surface area (TPSA) is 123 Å². The molecule has 2 atom stereocenters. The summed E-state index contributed by atoms with van der Waals surface area (Å²) in [6.45, 7) is 2.04. The normalized spacial score (nSPS) is 20.8. The first-order valence-corrected chi connectivity index (χ1v) is 12.6. The molecule has 2 fully saturated rings. The van der Waals surface area contributed by atoms with Gasteiger partial charge in [-0.2, -0.15) is 5.26 Å². The van der Waals surface area contributed by atoms with Crippen molar-refractivity contribution >= 4 is 23.8 Å². The number of hydrogen-bond acceptors (Lipinski definition) is 5. The summed E-state index contributed by atoms with van der Waals surface area (Å²) < 4.78 is 0. The SMILES string of the molecule is C[C@@H](C1CC1)N(Cc1ccccc1)C(=O)CN1C(=O)NC2(CCc3cc(C(=O)NCC#N)ccc32)C1=O. The van der Waals surface area contributed by atoms with Crippen LogP contribution in [0.4, 0.5) is 4.79 Å². The van der Waals surface area contributed by atoms with Gasteiger partial charge in [-0.05, 0) is 67.3 Å². The number of urea groups is 1. The number of amides is 5. The number of rotatable bonds is 8. The van der Waals surface area contributed by atoms with Crippen molar-refractivity contribution in [2.45, 2.75) is 50.7 Å². The van der Waals surface area contributed by atoms with Crippen molar-refractivity contribution in [1.29, 1.82) is 5.26 Å². The second-order valence-corrected chi connectivity index (χ2v) is 10.0. The van der Waals surface area contributed by atoms with Crippen LogP contribution in [0.3, 0.4) is 0 Å². The third kappa shape index (κ3) is 4.55. The van der Waals surface area contributed by atoms with Crippen LogP contribution < -0.4 is 10.6 Å². The van der Waals surface area contributed by atoms with Gasteiger partial charge >= 0.3 is 6.03 Å². The Morgan fingerprint density at radius 1 is 1.22 bits per heavy atom. The quantitative estimate of drug-likeness (QED) is 0.427. The predicted molar refractivity (Wildman–Crippen MR) is 134 cm³/mol. The van der Waals surface area contributed by atoms with Crippen LogP contribution in [0.15, 0.2) is 48.5 Å². The highest BCUT2D eigenvalue weighted by atomic mass is 16.2. The van der Waals surface area contributed by atoms with Crippen molar-refractivity contribution in [1.82, 2.24) is 20.4 Å². The summed E-state index contributed by atoms with van der Waals surface area (Å²) in [4.78, 5) is 55.2. The maximum Gasteiger partial charge on any atom is 0.325 e. The average molecular weight is 500 g/mol. The second kappa shape index (κ2) is 9.69. The van der Waals surface area contributed by atoms with Gasteiger partial charge < -0.3 is 15.5 Å². The van der Waals surface area contributed by atoms with E-state index in [1.807, 2.05) is 43.3 Å². The Hall–Kier alpha value is -4.19. The van der Waals surface area contributed by atoms with Crippen LogP contribution in [0.2, 0.25) is 0 Å². The molecule has 3 aliphatic rings. The molecule has 2 aromatic carbocycles. The molecule has 9 nitrogen and oxygen atoms in total. The number of benzene rings is 2. The molecule has 0 bridgehead atoms. The Kier molecular flexibility index (Phi) is 6.42. The van der Waals surface area contributed by atoms with Crippen molar-refractivity contribution in [3.63, 3.8) is 0 Å². The van der Waals surface area contributed by atoms with Crippen molar-refractivity contribution < 1.29 is 19.2 Å². The largest absolute Gasteiger partial charge is 0.339 e. The standard InChI is InChI=1S/C28H29N5O4/c1-18(20-7-8-20)32(16-19-5-3-2-4-6-19)24(34)17-33-26(36)28(31-27(33)37)12-11-21-15-22(9-10-23(21)28)25(35)30-14-13-29/h2-6,9-10,15,18,20H,7-8,11-12,14,16-17H2,1H3,(H,30,35)(H,31,37)/t18-,28?/m0/s1. The molecular formula is C28H29N5O4. The first kappa shape index (κ1) is 24.5. The molecular weight excluding hydrogens is 470 g/mol. The number of imide groups is 1. The average Bonchev–Trinajstić information content (AvgIpc) is 3.66. The van der Waals surface area contributed by atoms with Crippen LogP contribution in [0.25, 0.3) is 0 Å². The van der Waals surface area contributed by atoms with E-state index in [0.717, 1.165) is 28.9 Å². The van der Waals surface area contributed by atoms with Gasteiger partial charge in [0.05, 0.1) is 6.07 Å². The molecule has 2 N–H and O–H groups in total. The predicted octanol–water partition coefficient (Wildman–Crippen LogP) is 2.46. The molecule has 1 unspecified atom stereocenters. The molecule has 190 valence electrons. The Balaban J connectivity index is 1.34. The number of nitrogens with zero attached hydrogens (tertiary/aromatic N) is 3. The van der Waals surface area contributed by atoms with Crippen LogP contribution >= 0.6 is 0 Å². The molecule has 1 saturated heterocycles. The first-order chi connectivity index (χ1) is 17.8. The number of nitrogens with one attached hydrogen (secondary N) is 2. The zero-order valence-electron chi connectivity index (χ0n) is 20.7. The van der Waals surface area contributed by atoms with Gasteiger partial charge in [-0.3, -0.25) is 19.3 Å². The molecule has 5 rings (SSSR count). The van der Waals surface area contributed by atoms with Gasteiger partial charge in [-0.25, -0.2) is 4.79 Å². The van der Waals surface area contributed by atoms with Crippen molar-refractivity contribution in [3.8, 4) is 6.07 Å². The molecule has 1 saturated carbocycles. The number of hydrogen-bond donors (Lipinski definition) is 2. The summed E-state index contributed by atoms with van der Waals surface area (Å²) in [6.07, 6.45) is 2.99. The van der Waals surface area contributed by atoms with Gasteiger partial charge in [0.1, 0.15) is 18.6 Å². The Bertz CT molecular complexity index is 1300. The van der Waals surface area contributed by atoms with Gasteiger partial charge in [-0.1, -0.05) is 36.4 Å². The molecule has 0 aromatic heterocycles. The van der Waals surface area contributed by atoms with E-state index in [1.54, 1.807) is 23.1 Å². The van der Waals surface area contributed by atoms with E-state index in [4.69, 9.17) is 5.26 Å². The van der Waals surface area contributed by atoms with Gasteiger partial charge in [0.25, 0.3) is 11.8 Å². The lowest BCUT2D eigenvalue weighted by atomic mass is 9.91. The molecule has 5 amide bonds. The second-order valence-electron chi connectivity index (χ2n) is 10.0. The smallest absolute Gasteiger partial charge is 0.325 e. The molecule has 1 spiro atoms. The van der Waals surface area contributed by atoms with Crippen LogP contribution in [0.1, 0.15) is 53.2 Å². The summed E-state index contributed by atoms with van der Waals surface area (Å²) in [7, 11) is 0. The highest BCUT2D eigenvalue weighted by molar-refractivity contribution is 6.10. The highest BCUT2D eigenvalue weighted by Crippen LogP contribution is 2.42. The Labute approximate surface area is 215 Å². The zero-order valence-corrected chi connectivity index (χ0v) is 20.7. The number of carbonyl (C=O) groups excluding carboxylic acids is 4. The fraction of sp³-hybridized carbons (Fsp3) is 0.393. The maximum atomic E-state index is 13.7. The van der Waals surface area contributed by atoms with Crippen molar-refractivity contribution in [2.75, 3.05) is 13.1 Å². The summed E-state index contributed by atoms with van der Waals surface area (Å²) in [5.41, 5.74) is 1.59. The number of fused-ring (bicyclic) bond motifs is 2. The summed E-state index contributed by atoms with van der Waals surface area (Å²) in [6, 6.07) is 16.0. The van der Waals surface area contributed by atoms with Gasteiger partial charge in [-0.15, -0.1) is 0 Å². The molecule has 37 heavy (non-hydrogen) atoms. The zero-order chi connectivity index (χ0) is 26.2. The van der Waals surface area contributed by atoms with Crippen LogP contribution in [0.5, 0.6) is 0 Å². The number of carbonyl (C=O) groups is 4. The number of nitriles is 1. The minimum absolute atomic E-state index is 0.0141. The molecule has 1 aliphatic heterocycles. The van der Waals surface area contributed by atoms with E-state index in [0.29, 0.717) is 36.4 Å². The van der Waals surface area contributed by atoms with Gasteiger partial charge in [0.2, 0.25) is 5.91 Å². The van der Waals surface area contributed by atoms with E-state index >= 15 is 0 Å².